The molecule has 2 aliphatic heterocycles. The second-order valence-corrected chi connectivity index (χ2v) is 9.79. The molecule has 0 unspecified atom stereocenters. The Kier molecular flexibility index (Phi) is 7.65. The largest absolute Gasteiger partial charge is 0.368 e. The van der Waals surface area contributed by atoms with E-state index >= 15 is 0 Å². The number of nitrogens with zero attached hydrogens (tertiary/aromatic N) is 3. The number of amides is 1. The number of aromatic nitrogens is 1. The number of rotatable bonds is 6. The molecule has 2 aromatic rings. The summed E-state index contributed by atoms with van der Waals surface area (Å²) in [6.45, 7) is 9.16. The number of carbonyl (C=O) groups excluding carboxylic acids is 2. The van der Waals surface area contributed by atoms with Gasteiger partial charge in [-0.15, -0.1) is 0 Å². The summed E-state index contributed by atoms with van der Waals surface area (Å²) in [4.78, 5) is 33.8. The van der Waals surface area contributed by atoms with E-state index in [-0.39, 0.29) is 41.5 Å². The highest BCUT2D eigenvalue weighted by atomic mass is 35.5. The monoisotopic (exact) mass is 487 g/mol. The predicted octanol–water partition coefficient (Wildman–Crippen LogP) is 4.13. The van der Waals surface area contributed by atoms with Crippen molar-refractivity contribution in [2.45, 2.75) is 58.7 Å². The molecule has 0 radical (unpaired) electrons. The molecule has 6 nitrogen and oxygen atoms in total. The first kappa shape index (κ1) is 24.8. The van der Waals surface area contributed by atoms with Crippen LogP contribution in [0, 0.1) is 19.7 Å². The second-order valence-electron chi connectivity index (χ2n) is 9.36. The molecule has 2 saturated heterocycles. The van der Waals surface area contributed by atoms with Crippen molar-refractivity contribution in [1.29, 1.82) is 0 Å². The third kappa shape index (κ3) is 5.48. The zero-order chi connectivity index (χ0) is 24.4. The number of Topliss-reactive ketones (excluding diaryl/α,β-unsaturated/α-hetero) is 1. The Morgan fingerprint density at radius 3 is 2.65 bits per heavy atom. The summed E-state index contributed by atoms with van der Waals surface area (Å²) in [6, 6.07) is 5.07. The van der Waals surface area contributed by atoms with E-state index in [1.54, 1.807) is 13.0 Å². The molecule has 4 rings (SSSR count). The van der Waals surface area contributed by atoms with Crippen LogP contribution in [-0.2, 0) is 22.5 Å². The van der Waals surface area contributed by atoms with Crippen LogP contribution in [0.2, 0.25) is 5.02 Å². The van der Waals surface area contributed by atoms with Crippen molar-refractivity contribution in [2.75, 3.05) is 26.2 Å². The summed E-state index contributed by atoms with van der Waals surface area (Å²) in [5.74, 6) is -0.579. The van der Waals surface area contributed by atoms with E-state index in [1.165, 1.54) is 12.3 Å². The first-order valence-electron chi connectivity index (χ1n) is 11.8. The van der Waals surface area contributed by atoms with E-state index in [0.29, 0.717) is 24.7 Å². The number of piperazine rings is 1. The van der Waals surface area contributed by atoms with Crippen LogP contribution in [0.15, 0.2) is 24.4 Å². The van der Waals surface area contributed by atoms with Crippen LogP contribution < -0.4 is 0 Å². The Labute approximate surface area is 205 Å². The van der Waals surface area contributed by atoms with Crippen LogP contribution in [0.3, 0.4) is 0 Å². The summed E-state index contributed by atoms with van der Waals surface area (Å²) in [5.41, 5.74) is 3.40. The molecule has 1 aromatic heterocycles. The third-order valence-corrected chi connectivity index (χ3v) is 7.10. The Morgan fingerprint density at radius 2 is 1.97 bits per heavy atom. The third-order valence-electron chi connectivity index (χ3n) is 6.88. The topological polar surface area (TPSA) is 62.7 Å². The molecule has 0 spiro atoms. The molecule has 8 heteroatoms. The Bertz CT molecular complexity index is 1090. The van der Waals surface area contributed by atoms with Crippen LogP contribution in [0.1, 0.15) is 52.5 Å². The van der Waals surface area contributed by atoms with Gasteiger partial charge in [0.2, 0.25) is 0 Å². The van der Waals surface area contributed by atoms with Gasteiger partial charge in [0.15, 0.2) is 5.78 Å². The van der Waals surface area contributed by atoms with Crippen molar-refractivity contribution < 1.29 is 18.7 Å². The highest BCUT2D eigenvalue weighted by Crippen LogP contribution is 2.25. The Balaban J connectivity index is 1.43. The number of ether oxygens (including phenoxy) is 1. The quantitative estimate of drug-likeness (QED) is 0.573. The summed E-state index contributed by atoms with van der Waals surface area (Å²) < 4.78 is 19.5. The molecule has 2 fully saturated rings. The van der Waals surface area contributed by atoms with E-state index in [4.69, 9.17) is 16.3 Å². The van der Waals surface area contributed by atoms with Gasteiger partial charge in [0.1, 0.15) is 11.9 Å². The predicted molar refractivity (Wildman–Crippen MR) is 129 cm³/mol. The minimum Gasteiger partial charge on any atom is -0.368 e. The van der Waals surface area contributed by atoms with Crippen LogP contribution in [0.5, 0.6) is 0 Å². The van der Waals surface area contributed by atoms with Gasteiger partial charge >= 0.3 is 0 Å². The molecule has 0 aliphatic carbocycles. The molecule has 34 heavy (non-hydrogen) atoms. The fraction of sp³-hybridized carbons (Fsp3) is 0.500. The van der Waals surface area contributed by atoms with Crippen LogP contribution in [0.25, 0.3) is 0 Å². The van der Waals surface area contributed by atoms with Gasteiger partial charge in [-0.1, -0.05) is 11.6 Å². The summed E-state index contributed by atoms with van der Waals surface area (Å²) in [5, 5.41) is 0.567. The lowest BCUT2D eigenvalue weighted by molar-refractivity contribution is -0.145. The molecule has 1 amide bonds. The molecule has 182 valence electrons. The SMILES string of the molecule is Cc1ncc(C(=O)Cc2cc(Cl)cc(CN3CCN(C(=O)[C@@H]4CCCO4)[C@H](C)C3)c2C)cc1F. The van der Waals surface area contributed by atoms with E-state index in [1.807, 2.05) is 17.9 Å². The maximum Gasteiger partial charge on any atom is 0.252 e. The average molecular weight is 488 g/mol. The standard InChI is InChI=1S/C26H31ClFN3O3/c1-16-14-30(6-7-31(16)26(33)25-5-4-8-34-25)15-21-10-22(27)9-19(17(21)2)12-24(32)20-11-23(28)18(3)29-13-20/h9-11,13,16,25H,4-8,12,14-15H2,1-3H3/t16-,25+/m1/s1. The van der Waals surface area contributed by atoms with E-state index < -0.39 is 5.82 Å². The van der Waals surface area contributed by atoms with Crippen LogP contribution in [0.4, 0.5) is 4.39 Å². The second kappa shape index (κ2) is 10.5. The molecular weight excluding hydrogens is 457 g/mol. The minimum absolute atomic E-state index is 0.0925. The molecule has 0 N–H and O–H groups in total. The van der Waals surface area contributed by atoms with Gasteiger partial charge in [-0.2, -0.15) is 0 Å². The Morgan fingerprint density at radius 1 is 1.21 bits per heavy atom. The van der Waals surface area contributed by atoms with Crippen molar-refractivity contribution in [3.63, 3.8) is 0 Å². The summed E-state index contributed by atoms with van der Waals surface area (Å²) >= 11 is 6.41. The highest BCUT2D eigenvalue weighted by Gasteiger charge is 2.34. The molecule has 2 aliphatic rings. The summed E-state index contributed by atoms with van der Waals surface area (Å²) in [7, 11) is 0. The van der Waals surface area contributed by atoms with Gasteiger partial charge in [-0.3, -0.25) is 19.5 Å². The number of ketones is 1. The van der Waals surface area contributed by atoms with Gasteiger partial charge in [0.25, 0.3) is 5.91 Å². The fourth-order valence-corrected chi connectivity index (χ4v) is 5.04. The molecule has 2 atom stereocenters. The normalized spacial score (nSPS) is 21.1. The average Bonchev–Trinajstić information content (AvgIpc) is 3.33. The number of halogens is 2. The van der Waals surface area contributed by atoms with Crippen LogP contribution >= 0.6 is 11.6 Å². The maximum absolute atomic E-state index is 13.9. The molecule has 1 aromatic carbocycles. The lowest BCUT2D eigenvalue weighted by Gasteiger charge is -2.41. The maximum atomic E-state index is 13.9. The zero-order valence-corrected chi connectivity index (χ0v) is 20.7. The van der Waals surface area contributed by atoms with Crippen molar-refractivity contribution in [3.05, 3.63) is 63.2 Å². The molecule has 0 bridgehead atoms. The van der Waals surface area contributed by atoms with E-state index in [0.717, 1.165) is 42.6 Å². The van der Waals surface area contributed by atoms with Gasteiger partial charge in [-0.05, 0) is 68.5 Å². The summed E-state index contributed by atoms with van der Waals surface area (Å²) in [6.07, 6.45) is 3.00. The molecular formula is C26H31ClFN3O3. The minimum atomic E-state index is -0.486. The van der Waals surface area contributed by atoms with Crippen molar-refractivity contribution in [2.24, 2.45) is 0 Å². The molecule has 0 saturated carbocycles. The number of carbonyl (C=O) groups is 2. The zero-order valence-electron chi connectivity index (χ0n) is 19.9. The van der Waals surface area contributed by atoms with E-state index in [9.17, 15) is 14.0 Å². The fourth-order valence-electron chi connectivity index (χ4n) is 4.78. The first-order valence-corrected chi connectivity index (χ1v) is 12.2. The van der Waals surface area contributed by atoms with Gasteiger partial charge in [0, 0.05) is 62.0 Å². The van der Waals surface area contributed by atoms with Gasteiger partial charge < -0.3 is 9.64 Å². The lowest BCUT2D eigenvalue weighted by Crippen LogP contribution is -2.55. The van der Waals surface area contributed by atoms with Gasteiger partial charge in [-0.25, -0.2) is 4.39 Å². The Hall–Kier alpha value is -2.35. The number of hydrogen-bond acceptors (Lipinski definition) is 5. The number of aryl methyl sites for hydroxylation is 1. The number of hydrogen-bond donors (Lipinski definition) is 0. The smallest absolute Gasteiger partial charge is 0.252 e. The number of pyridine rings is 1. The van der Waals surface area contributed by atoms with Gasteiger partial charge in [0.05, 0.1) is 5.69 Å². The van der Waals surface area contributed by atoms with Crippen molar-refractivity contribution >= 4 is 23.3 Å². The van der Waals surface area contributed by atoms with Crippen molar-refractivity contribution in [3.8, 4) is 0 Å². The van der Waals surface area contributed by atoms with Crippen molar-refractivity contribution in [1.82, 2.24) is 14.8 Å². The molecule has 3 heterocycles. The number of benzene rings is 1. The first-order chi connectivity index (χ1) is 16.2. The van der Waals surface area contributed by atoms with Crippen LogP contribution in [-0.4, -0.2) is 64.9 Å². The van der Waals surface area contributed by atoms with E-state index in [2.05, 4.69) is 16.8 Å². The highest BCUT2D eigenvalue weighted by molar-refractivity contribution is 6.30. The lowest BCUT2D eigenvalue weighted by atomic mass is 9.96.